The molecule has 20 heavy (non-hydrogen) atoms. The Morgan fingerprint density at radius 2 is 2.00 bits per heavy atom. The Labute approximate surface area is 120 Å². The van der Waals surface area contributed by atoms with Gasteiger partial charge in [-0.05, 0) is 37.5 Å². The molecule has 0 spiro atoms. The smallest absolute Gasteiger partial charge is 0.0808 e. The van der Waals surface area contributed by atoms with Crippen LogP contribution in [0.2, 0.25) is 0 Å². The highest BCUT2D eigenvalue weighted by atomic mass is 16.5. The van der Waals surface area contributed by atoms with E-state index in [1.165, 1.54) is 23.8 Å². The highest BCUT2D eigenvalue weighted by molar-refractivity contribution is 5.82. The van der Waals surface area contributed by atoms with E-state index in [4.69, 9.17) is 10.5 Å². The summed E-state index contributed by atoms with van der Waals surface area (Å²) in [5, 5.41) is 1.18. The largest absolute Gasteiger partial charge is 0.369 e. The number of para-hydroxylation sites is 1. The van der Waals surface area contributed by atoms with Crippen LogP contribution in [-0.2, 0) is 11.3 Å². The quantitative estimate of drug-likeness (QED) is 0.927. The first-order valence-electron chi connectivity index (χ1n) is 7.42. The van der Waals surface area contributed by atoms with Crippen LogP contribution in [0.15, 0.2) is 30.3 Å². The minimum atomic E-state index is -0.0989. The van der Waals surface area contributed by atoms with Gasteiger partial charge in [0, 0.05) is 17.6 Å². The summed E-state index contributed by atoms with van der Waals surface area (Å²) in [6, 6.07) is 10.4. The summed E-state index contributed by atoms with van der Waals surface area (Å²) < 4.78 is 6.24. The third kappa shape index (κ3) is 2.56. The van der Waals surface area contributed by atoms with Crippen molar-refractivity contribution in [2.45, 2.75) is 44.8 Å². The van der Waals surface area contributed by atoms with Crippen LogP contribution in [0.3, 0.4) is 0 Å². The Morgan fingerprint density at radius 1 is 1.25 bits per heavy atom. The van der Waals surface area contributed by atoms with E-state index >= 15 is 0 Å². The number of ether oxygens (including phenoxy) is 1. The first kappa shape index (κ1) is 13.5. The minimum absolute atomic E-state index is 0.0989. The van der Waals surface area contributed by atoms with E-state index in [0.29, 0.717) is 13.2 Å². The zero-order valence-corrected chi connectivity index (χ0v) is 12.1. The van der Waals surface area contributed by atoms with E-state index in [9.17, 15) is 0 Å². The van der Waals surface area contributed by atoms with Gasteiger partial charge in [-0.25, -0.2) is 0 Å². The molecule has 0 aliphatic heterocycles. The molecule has 106 valence electrons. The van der Waals surface area contributed by atoms with E-state index in [-0.39, 0.29) is 5.60 Å². The number of fused-ring (bicyclic) bond motifs is 1. The number of nitrogens with two attached hydrogens (primary N) is 1. The topological polar surface area (TPSA) is 48.1 Å². The predicted octanol–water partition coefficient (Wildman–Crippen LogP) is 3.33. The van der Waals surface area contributed by atoms with Gasteiger partial charge in [-0.3, -0.25) is 4.98 Å². The van der Waals surface area contributed by atoms with Crippen LogP contribution in [0.4, 0.5) is 0 Å². The molecule has 0 unspecified atom stereocenters. The molecule has 1 fully saturated rings. The van der Waals surface area contributed by atoms with Crippen molar-refractivity contribution in [1.29, 1.82) is 0 Å². The lowest BCUT2D eigenvalue weighted by Gasteiger charge is -2.28. The monoisotopic (exact) mass is 270 g/mol. The molecule has 0 atom stereocenters. The van der Waals surface area contributed by atoms with Crippen molar-refractivity contribution < 1.29 is 4.74 Å². The maximum atomic E-state index is 6.24. The molecular formula is C17H22N2O. The summed E-state index contributed by atoms with van der Waals surface area (Å²) in [6.07, 6.45) is 4.64. The summed E-state index contributed by atoms with van der Waals surface area (Å²) in [5.41, 5.74) is 9.13. The normalized spacial score (nSPS) is 17.7. The first-order chi connectivity index (χ1) is 9.72. The summed E-state index contributed by atoms with van der Waals surface area (Å²) in [4.78, 5) is 4.57. The number of pyridine rings is 1. The Kier molecular flexibility index (Phi) is 3.72. The number of hydrogen-bond donors (Lipinski definition) is 1. The van der Waals surface area contributed by atoms with Gasteiger partial charge >= 0.3 is 0 Å². The van der Waals surface area contributed by atoms with Crippen LogP contribution >= 0.6 is 0 Å². The van der Waals surface area contributed by atoms with Gasteiger partial charge in [-0.15, -0.1) is 0 Å². The fraction of sp³-hybridized carbons (Fsp3) is 0.471. The molecule has 2 aromatic rings. The Balaban J connectivity index is 1.87. The fourth-order valence-corrected chi connectivity index (χ4v) is 3.17. The molecule has 3 rings (SSSR count). The van der Waals surface area contributed by atoms with Crippen LogP contribution in [0.25, 0.3) is 10.9 Å². The second kappa shape index (κ2) is 5.51. The summed E-state index contributed by atoms with van der Waals surface area (Å²) in [7, 11) is 0. The number of benzene rings is 1. The van der Waals surface area contributed by atoms with E-state index in [1.54, 1.807) is 0 Å². The minimum Gasteiger partial charge on any atom is -0.369 e. The Bertz CT molecular complexity index is 603. The van der Waals surface area contributed by atoms with Gasteiger partial charge in [0.15, 0.2) is 0 Å². The van der Waals surface area contributed by atoms with Crippen molar-refractivity contribution in [3.63, 3.8) is 0 Å². The van der Waals surface area contributed by atoms with Crippen molar-refractivity contribution in [2.75, 3.05) is 6.54 Å². The number of nitrogens with zero attached hydrogens (tertiary/aromatic N) is 1. The van der Waals surface area contributed by atoms with Crippen molar-refractivity contribution in [3.8, 4) is 0 Å². The summed E-state index contributed by atoms with van der Waals surface area (Å²) in [5.74, 6) is 0. The average molecular weight is 270 g/mol. The lowest BCUT2D eigenvalue weighted by atomic mass is 10.0. The van der Waals surface area contributed by atoms with Crippen molar-refractivity contribution in [2.24, 2.45) is 5.73 Å². The van der Waals surface area contributed by atoms with Crippen LogP contribution in [0, 0.1) is 6.92 Å². The van der Waals surface area contributed by atoms with E-state index in [2.05, 4.69) is 29.2 Å². The molecule has 1 saturated carbocycles. The van der Waals surface area contributed by atoms with E-state index in [0.717, 1.165) is 24.1 Å². The SMILES string of the molecule is Cc1cc(COC2(CN)CCCC2)c2ccccc2n1. The molecule has 1 heterocycles. The second-order valence-corrected chi connectivity index (χ2v) is 5.82. The predicted molar refractivity (Wildman–Crippen MR) is 81.5 cm³/mol. The standard InChI is InChI=1S/C17H22N2O/c1-13-10-14(15-6-2-3-7-16(15)19-13)11-20-17(12-18)8-4-5-9-17/h2-3,6-7,10H,4-5,8-9,11-12,18H2,1H3. The van der Waals surface area contributed by atoms with Crippen molar-refractivity contribution in [1.82, 2.24) is 4.98 Å². The fourth-order valence-electron chi connectivity index (χ4n) is 3.17. The second-order valence-electron chi connectivity index (χ2n) is 5.82. The molecular weight excluding hydrogens is 248 g/mol. The van der Waals surface area contributed by atoms with Gasteiger partial charge < -0.3 is 10.5 Å². The molecule has 0 radical (unpaired) electrons. The summed E-state index contributed by atoms with van der Waals surface area (Å²) >= 11 is 0. The van der Waals surface area contributed by atoms with Crippen LogP contribution in [-0.4, -0.2) is 17.1 Å². The molecule has 3 nitrogen and oxygen atoms in total. The number of rotatable bonds is 4. The molecule has 1 aromatic heterocycles. The lowest BCUT2D eigenvalue weighted by molar-refractivity contribution is -0.0444. The van der Waals surface area contributed by atoms with Gasteiger partial charge in [0.05, 0.1) is 17.7 Å². The summed E-state index contributed by atoms with van der Waals surface area (Å²) in [6.45, 7) is 3.28. The molecule has 1 aliphatic carbocycles. The van der Waals surface area contributed by atoms with Gasteiger partial charge in [0.2, 0.25) is 0 Å². The zero-order valence-electron chi connectivity index (χ0n) is 12.1. The molecule has 1 aliphatic rings. The third-order valence-electron chi connectivity index (χ3n) is 4.35. The van der Waals surface area contributed by atoms with E-state index in [1.807, 2.05) is 13.0 Å². The highest BCUT2D eigenvalue weighted by Crippen LogP contribution is 2.33. The van der Waals surface area contributed by atoms with Gasteiger partial charge in [0.1, 0.15) is 0 Å². The van der Waals surface area contributed by atoms with Crippen LogP contribution in [0.1, 0.15) is 36.9 Å². The highest BCUT2D eigenvalue weighted by Gasteiger charge is 2.33. The zero-order chi connectivity index (χ0) is 14.0. The van der Waals surface area contributed by atoms with Gasteiger partial charge in [0.25, 0.3) is 0 Å². The molecule has 0 bridgehead atoms. The third-order valence-corrected chi connectivity index (χ3v) is 4.35. The van der Waals surface area contributed by atoms with Gasteiger partial charge in [-0.2, -0.15) is 0 Å². The number of hydrogen-bond acceptors (Lipinski definition) is 3. The number of aromatic nitrogens is 1. The average Bonchev–Trinajstić information content (AvgIpc) is 2.94. The van der Waals surface area contributed by atoms with Crippen molar-refractivity contribution >= 4 is 10.9 Å². The number of aryl methyl sites for hydroxylation is 1. The van der Waals surface area contributed by atoms with Crippen LogP contribution in [0.5, 0.6) is 0 Å². The molecule has 3 heteroatoms. The maximum Gasteiger partial charge on any atom is 0.0808 e. The molecule has 0 amide bonds. The maximum absolute atomic E-state index is 6.24. The first-order valence-corrected chi connectivity index (χ1v) is 7.42. The Morgan fingerprint density at radius 3 is 2.75 bits per heavy atom. The Hall–Kier alpha value is -1.45. The van der Waals surface area contributed by atoms with Crippen molar-refractivity contribution in [3.05, 3.63) is 41.6 Å². The molecule has 1 aromatic carbocycles. The van der Waals surface area contributed by atoms with Crippen LogP contribution < -0.4 is 5.73 Å². The van der Waals surface area contributed by atoms with E-state index < -0.39 is 0 Å². The molecule has 2 N–H and O–H groups in total. The van der Waals surface area contributed by atoms with Gasteiger partial charge in [-0.1, -0.05) is 31.0 Å². The lowest BCUT2D eigenvalue weighted by Crippen LogP contribution is -2.37. The molecule has 0 saturated heterocycles.